The van der Waals surface area contributed by atoms with Crippen molar-refractivity contribution in [3.63, 3.8) is 0 Å². The highest BCUT2D eigenvalue weighted by Crippen LogP contribution is 2.43. The van der Waals surface area contributed by atoms with Crippen molar-refractivity contribution >= 4 is 19.8 Å². The number of hydrogen-bond acceptors (Lipinski definition) is 8. The first-order valence-electron chi connectivity index (χ1n) is 35.6. The second-order valence-corrected chi connectivity index (χ2v) is 24.4. The molecule has 0 aromatic heterocycles. The van der Waals surface area contributed by atoms with Gasteiger partial charge in [0.15, 0.2) is 6.10 Å². The largest absolute Gasteiger partial charge is 0.472 e. The number of rotatable bonds is 65. The maximum absolute atomic E-state index is 12.8. The quantitative estimate of drug-likeness (QED) is 0.0264. The highest BCUT2D eigenvalue weighted by molar-refractivity contribution is 7.47. The molecular formula is C79H130NO8P. The average molecular weight is 1250 g/mol. The lowest BCUT2D eigenvalue weighted by Crippen LogP contribution is -2.29. The molecule has 2 unspecified atom stereocenters. The van der Waals surface area contributed by atoms with Crippen LogP contribution in [0.25, 0.3) is 0 Å². The van der Waals surface area contributed by atoms with Crippen molar-refractivity contribution in [2.75, 3.05) is 26.4 Å². The fraction of sp³-hybridized carbons (Fsp3) is 0.620. The van der Waals surface area contributed by atoms with E-state index < -0.39 is 26.5 Å². The number of carbonyl (C=O) groups is 2. The number of phosphoric acid groups is 1. The van der Waals surface area contributed by atoms with Gasteiger partial charge in [-0.05, 0) is 128 Å². The lowest BCUT2D eigenvalue weighted by atomic mass is 10.0. The first-order chi connectivity index (χ1) is 43.8. The van der Waals surface area contributed by atoms with E-state index in [9.17, 15) is 19.0 Å². The van der Waals surface area contributed by atoms with Crippen molar-refractivity contribution in [2.45, 2.75) is 290 Å². The molecule has 0 aromatic carbocycles. The Morgan fingerprint density at radius 1 is 0.337 bits per heavy atom. The third-order valence-electron chi connectivity index (χ3n) is 14.6. The van der Waals surface area contributed by atoms with Crippen molar-refractivity contribution in [3.05, 3.63) is 170 Å². The van der Waals surface area contributed by atoms with Crippen LogP contribution in [0.1, 0.15) is 284 Å². The first kappa shape index (κ1) is 84.4. The van der Waals surface area contributed by atoms with Crippen LogP contribution in [-0.2, 0) is 32.7 Å². The Bertz CT molecular complexity index is 2070. The summed E-state index contributed by atoms with van der Waals surface area (Å²) in [6, 6.07) is 0. The summed E-state index contributed by atoms with van der Waals surface area (Å²) in [4.78, 5) is 35.4. The van der Waals surface area contributed by atoms with Gasteiger partial charge in [0.1, 0.15) is 6.61 Å². The molecule has 504 valence electrons. The lowest BCUT2D eigenvalue weighted by Gasteiger charge is -2.19. The van der Waals surface area contributed by atoms with E-state index in [0.717, 1.165) is 135 Å². The fourth-order valence-electron chi connectivity index (χ4n) is 9.42. The lowest BCUT2D eigenvalue weighted by molar-refractivity contribution is -0.161. The topological polar surface area (TPSA) is 134 Å². The van der Waals surface area contributed by atoms with E-state index in [1.54, 1.807) is 0 Å². The average Bonchev–Trinajstić information content (AvgIpc) is 3.58. The summed E-state index contributed by atoms with van der Waals surface area (Å²) in [6.07, 6.45) is 107. The van der Waals surface area contributed by atoms with Gasteiger partial charge in [0.05, 0.1) is 13.2 Å². The van der Waals surface area contributed by atoms with Gasteiger partial charge in [-0.15, -0.1) is 0 Å². The summed E-state index contributed by atoms with van der Waals surface area (Å²) in [5.74, 6) is -0.841. The Morgan fingerprint density at radius 3 is 0.865 bits per heavy atom. The minimum atomic E-state index is -4.41. The van der Waals surface area contributed by atoms with Crippen molar-refractivity contribution in [3.8, 4) is 0 Å². The van der Waals surface area contributed by atoms with Crippen LogP contribution in [0.4, 0.5) is 0 Å². The van der Waals surface area contributed by atoms with Crippen molar-refractivity contribution in [1.29, 1.82) is 0 Å². The number of nitrogens with two attached hydrogens (primary N) is 1. The SMILES string of the molecule is CC/C=C\C/C=C\C/C=C\C/C=C\C/C=C\C/C=C\C/C=C\C/C=C\CCCCCCCCCCC(=O)OC(COC(=O)CCCCCCCCCCCCCCCCCC/C=C\C/C=C\C/C=C\C/C=C\C/C=C\C/C=C\CC)COP(=O)(O)OCCN. The molecule has 0 spiro atoms. The summed E-state index contributed by atoms with van der Waals surface area (Å²) in [7, 11) is -4.41. The number of unbranched alkanes of at least 4 members (excludes halogenated alkanes) is 24. The Morgan fingerprint density at radius 2 is 0.584 bits per heavy atom. The monoisotopic (exact) mass is 1250 g/mol. The molecule has 0 aromatic rings. The minimum Gasteiger partial charge on any atom is -0.462 e. The van der Waals surface area contributed by atoms with Crippen LogP contribution in [-0.4, -0.2) is 49.3 Å². The summed E-state index contributed by atoms with van der Waals surface area (Å²) >= 11 is 0. The number of ether oxygens (including phenoxy) is 2. The van der Waals surface area contributed by atoms with Gasteiger partial charge in [0.2, 0.25) is 0 Å². The Kier molecular flexibility index (Phi) is 68.7. The normalized spacial score (nSPS) is 14.0. The predicted molar refractivity (Wildman–Crippen MR) is 385 cm³/mol. The van der Waals surface area contributed by atoms with E-state index in [2.05, 4.69) is 184 Å². The highest BCUT2D eigenvalue weighted by atomic mass is 31.2. The number of phosphoric ester groups is 1. The number of carbonyl (C=O) groups excluding carboxylic acids is 2. The zero-order valence-electron chi connectivity index (χ0n) is 56.6. The molecule has 0 rings (SSSR count). The fourth-order valence-corrected chi connectivity index (χ4v) is 10.2. The van der Waals surface area contributed by atoms with Crippen LogP contribution in [0.2, 0.25) is 0 Å². The van der Waals surface area contributed by atoms with Crippen LogP contribution >= 0.6 is 7.82 Å². The van der Waals surface area contributed by atoms with Crippen LogP contribution in [0.15, 0.2) is 170 Å². The molecule has 0 heterocycles. The molecule has 0 radical (unpaired) electrons. The van der Waals surface area contributed by atoms with E-state index >= 15 is 0 Å². The molecule has 0 amide bonds. The molecule has 0 aliphatic carbocycles. The van der Waals surface area contributed by atoms with Gasteiger partial charge in [-0.3, -0.25) is 18.6 Å². The second-order valence-electron chi connectivity index (χ2n) is 23.0. The van der Waals surface area contributed by atoms with Crippen LogP contribution in [0.3, 0.4) is 0 Å². The summed E-state index contributed by atoms with van der Waals surface area (Å²) in [5.41, 5.74) is 5.40. The van der Waals surface area contributed by atoms with Crippen molar-refractivity contribution < 1.29 is 37.6 Å². The first-order valence-corrected chi connectivity index (χ1v) is 37.1. The molecule has 0 bridgehead atoms. The van der Waals surface area contributed by atoms with Crippen LogP contribution in [0, 0.1) is 0 Å². The minimum absolute atomic E-state index is 0.0446. The molecule has 0 saturated heterocycles. The molecule has 0 fully saturated rings. The predicted octanol–water partition coefficient (Wildman–Crippen LogP) is 23.7. The molecule has 0 saturated carbocycles. The molecule has 0 aliphatic heterocycles. The summed E-state index contributed by atoms with van der Waals surface area (Å²) < 4.78 is 33.2. The van der Waals surface area contributed by atoms with Crippen LogP contribution in [0.5, 0.6) is 0 Å². The van der Waals surface area contributed by atoms with Gasteiger partial charge in [0.25, 0.3) is 0 Å². The Balaban J connectivity index is 3.94. The van der Waals surface area contributed by atoms with E-state index in [0.29, 0.717) is 6.42 Å². The van der Waals surface area contributed by atoms with Crippen molar-refractivity contribution in [1.82, 2.24) is 0 Å². The van der Waals surface area contributed by atoms with Gasteiger partial charge < -0.3 is 20.1 Å². The molecule has 89 heavy (non-hydrogen) atoms. The smallest absolute Gasteiger partial charge is 0.462 e. The summed E-state index contributed by atoms with van der Waals surface area (Å²) in [5, 5.41) is 0. The van der Waals surface area contributed by atoms with Gasteiger partial charge in [-0.2, -0.15) is 0 Å². The zero-order chi connectivity index (χ0) is 64.4. The van der Waals surface area contributed by atoms with E-state index in [4.69, 9.17) is 24.3 Å². The molecule has 9 nitrogen and oxygen atoms in total. The van der Waals surface area contributed by atoms with Gasteiger partial charge in [-0.1, -0.05) is 312 Å². The Labute approximate surface area is 546 Å². The molecule has 2 atom stereocenters. The van der Waals surface area contributed by atoms with E-state index in [-0.39, 0.29) is 38.6 Å². The third kappa shape index (κ3) is 72.3. The maximum atomic E-state index is 12.8. The molecule has 10 heteroatoms. The van der Waals surface area contributed by atoms with Crippen molar-refractivity contribution in [2.24, 2.45) is 5.73 Å². The van der Waals surface area contributed by atoms with E-state index in [1.165, 1.54) is 116 Å². The van der Waals surface area contributed by atoms with E-state index in [1.807, 2.05) is 0 Å². The second kappa shape index (κ2) is 72.4. The molecule has 0 aliphatic rings. The van der Waals surface area contributed by atoms with Crippen LogP contribution < -0.4 is 5.73 Å². The molecule has 3 N–H and O–H groups in total. The number of hydrogen-bond donors (Lipinski definition) is 2. The highest BCUT2D eigenvalue weighted by Gasteiger charge is 2.26. The zero-order valence-corrected chi connectivity index (χ0v) is 57.5. The third-order valence-corrected chi connectivity index (χ3v) is 15.6. The van der Waals surface area contributed by atoms with Gasteiger partial charge >= 0.3 is 19.8 Å². The number of esters is 2. The summed E-state index contributed by atoms with van der Waals surface area (Å²) in [6.45, 7) is 3.51. The standard InChI is InChI=1S/C79H130NO8P/c1-3-5-7-9-11-13-15-17-19-21-23-25-27-29-31-33-35-37-38-40-41-43-45-47-49-51-53-55-57-59-61-63-65-67-69-71-78(81)85-75-77(76-87-89(83,84)86-74-73-80)88-79(82)72-70-68-66-64-62-60-58-56-54-52-50-48-46-44-42-39-36-34-32-30-28-26-24-22-20-18-16-14-12-10-8-6-4-2/h5-8,11-14,17-20,23-26,29-32,35-37,39,44,46,50,52,77H,3-4,9-10,15-16,21-22,27-28,33-34,38,40-43,45,47-49,51,53-76,80H2,1-2H3,(H,83,84)/b7-5-,8-6-,13-11-,14-12-,19-17-,20-18-,25-23-,26-24-,31-29-,32-30-,37-35-,39-36-,46-44-,52-50-. The molecular weight excluding hydrogens is 1120 g/mol. The maximum Gasteiger partial charge on any atom is 0.472 e. The van der Waals surface area contributed by atoms with Gasteiger partial charge in [-0.25, -0.2) is 4.57 Å². The Hall–Kier alpha value is -4.63. The van der Waals surface area contributed by atoms with Gasteiger partial charge in [0, 0.05) is 19.4 Å². The number of allylic oxidation sites excluding steroid dienone is 28.